The number of carbonyl (C=O) groups is 2. The molecule has 0 bridgehead atoms. The summed E-state index contributed by atoms with van der Waals surface area (Å²) in [5.74, 6) is 1.15. The second-order valence-electron chi connectivity index (χ2n) is 6.41. The first-order chi connectivity index (χ1) is 13.1. The minimum Gasteiger partial charge on any atom is -0.490 e. The summed E-state index contributed by atoms with van der Waals surface area (Å²) in [4.78, 5) is 27.5. The van der Waals surface area contributed by atoms with Gasteiger partial charge in [0.05, 0.1) is 29.8 Å². The normalized spacial score (nSPS) is 16.8. The van der Waals surface area contributed by atoms with Crippen molar-refractivity contribution in [3.05, 3.63) is 42.5 Å². The standard InChI is InChI=1S/C20H20N2O4S/c1-13(27-14-7-8-17-18(11-14)26-10-4-9-25-17)20(24)22-12-19(23)21-15-5-2-3-6-16(15)22/h2-3,5-8,11,13H,4,9-10,12H2,1H3,(H,21,23)/t13-/m0/s1. The fourth-order valence-electron chi connectivity index (χ4n) is 3.12. The Hall–Kier alpha value is -2.67. The number of ether oxygens (including phenoxy) is 2. The van der Waals surface area contributed by atoms with Gasteiger partial charge < -0.3 is 14.8 Å². The molecule has 6 nitrogen and oxygen atoms in total. The number of para-hydroxylation sites is 2. The lowest BCUT2D eigenvalue weighted by Crippen LogP contribution is -2.45. The third-order valence-corrected chi connectivity index (χ3v) is 5.50. The number of anilines is 2. The molecule has 2 aromatic carbocycles. The molecule has 1 N–H and O–H groups in total. The van der Waals surface area contributed by atoms with Gasteiger partial charge >= 0.3 is 0 Å². The van der Waals surface area contributed by atoms with Gasteiger partial charge in [-0.15, -0.1) is 11.8 Å². The smallest absolute Gasteiger partial charge is 0.244 e. The Kier molecular flexibility index (Phi) is 4.94. The van der Waals surface area contributed by atoms with E-state index in [9.17, 15) is 9.59 Å². The van der Waals surface area contributed by atoms with Crippen molar-refractivity contribution in [1.82, 2.24) is 0 Å². The van der Waals surface area contributed by atoms with Crippen LogP contribution in [0.3, 0.4) is 0 Å². The molecular formula is C20H20N2O4S. The van der Waals surface area contributed by atoms with E-state index in [-0.39, 0.29) is 23.6 Å². The third-order valence-electron chi connectivity index (χ3n) is 4.42. The van der Waals surface area contributed by atoms with E-state index in [1.54, 1.807) is 11.0 Å². The number of nitrogens with zero attached hydrogens (tertiary/aromatic N) is 1. The van der Waals surface area contributed by atoms with E-state index in [0.29, 0.717) is 24.7 Å². The number of hydrogen-bond donors (Lipinski definition) is 1. The molecule has 0 unspecified atom stereocenters. The van der Waals surface area contributed by atoms with E-state index in [1.807, 2.05) is 43.3 Å². The maximum atomic E-state index is 13.0. The van der Waals surface area contributed by atoms with Crippen molar-refractivity contribution in [3.63, 3.8) is 0 Å². The molecule has 4 rings (SSSR count). The van der Waals surface area contributed by atoms with E-state index < -0.39 is 0 Å². The van der Waals surface area contributed by atoms with Gasteiger partial charge in [0.25, 0.3) is 0 Å². The zero-order valence-corrected chi connectivity index (χ0v) is 15.8. The molecule has 2 aromatic rings. The average Bonchev–Trinajstić information content (AvgIpc) is 2.91. The highest BCUT2D eigenvalue weighted by molar-refractivity contribution is 8.00. The number of nitrogens with one attached hydrogen (secondary N) is 1. The molecule has 2 amide bonds. The van der Waals surface area contributed by atoms with Crippen molar-refractivity contribution in [2.75, 3.05) is 30.0 Å². The lowest BCUT2D eigenvalue weighted by atomic mass is 10.2. The Morgan fingerprint density at radius 1 is 1.15 bits per heavy atom. The second kappa shape index (κ2) is 7.52. The van der Waals surface area contributed by atoms with Crippen LogP contribution >= 0.6 is 11.8 Å². The van der Waals surface area contributed by atoms with Gasteiger partial charge in [-0.25, -0.2) is 0 Å². The largest absolute Gasteiger partial charge is 0.490 e. The van der Waals surface area contributed by atoms with Crippen LogP contribution in [0.5, 0.6) is 11.5 Å². The van der Waals surface area contributed by atoms with Crippen LogP contribution in [0, 0.1) is 0 Å². The minimum absolute atomic E-state index is 0.0296. The van der Waals surface area contributed by atoms with Gasteiger partial charge in [-0.05, 0) is 37.3 Å². The molecule has 140 valence electrons. The molecule has 0 saturated heterocycles. The highest BCUT2D eigenvalue weighted by Gasteiger charge is 2.30. The van der Waals surface area contributed by atoms with Crippen LogP contribution in [0.2, 0.25) is 0 Å². The number of amides is 2. The topological polar surface area (TPSA) is 67.9 Å². The number of thioether (sulfide) groups is 1. The monoisotopic (exact) mass is 384 g/mol. The van der Waals surface area contributed by atoms with Crippen molar-refractivity contribution >= 4 is 35.0 Å². The summed E-state index contributed by atoms with van der Waals surface area (Å²) in [6.45, 7) is 3.15. The van der Waals surface area contributed by atoms with E-state index in [2.05, 4.69) is 5.32 Å². The summed E-state index contributed by atoms with van der Waals surface area (Å²) in [7, 11) is 0. The molecule has 0 fully saturated rings. The average molecular weight is 384 g/mol. The molecule has 0 saturated carbocycles. The highest BCUT2D eigenvalue weighted by Crippen LogP contribution is 2.36. The Morgan fingerprint density at radius 2 is 1.93 bits per heavy atom. The molecule has 2 heterocycles. The van der Waals surface area contributed by atoms with Crippen LogP contribution in [0.4, 0.5) is 11.4 Å². The van der Waals surface area contributed by atoms with Crippen molar-refractivity contribution in [2.24, 2.45) is 0 Å². The highest BCUT2D eigenvalue weighted by atomic mass is 32.2. The number of carbonyl (C=O) groups excluding carboxylic acids is 2. The van der Waals surface area contributed by atoms with Gasteiger partial charge in [-0.3, -0.25) is 14.5 Å². The molecule has 27 heavy (non-hydrogen) atoms. The fraction of sp³-hybridized carbons (Fsp3) is 0.300. The number of benzene rings is 2. The molecule has 0 spiro atoms. The number of rotatable bonds is 3. The maximum absolute atomic E-state index is 13.0. The predicted octanol–water partition coefficient (Wildman–Crippen LogP) is 3.31. The summed E-state index contributed by atoms with van der Waals surface area (Å²) >= 11 is 1.44. The molecule has 2 aliphatic heterocycles. The van der Waals surface area contributed by atoms with Crippen molar-refractivity contribution in [1.29, 1.82) is 0 Å². The Morgan fingerprint density at radius 3 is 2.78 bits per heavy atom. The third kappa shape index (κ3) is 3.73. The van der Waals surface area contributed by atoms with E-state index >= 15 is 0 Å². The van der Waals surface area contributed by atoms with Crippen LogP contribution in [-0.4, -0.2) is 36.8 Å². The predicted molar refractivity (Wildman–Crippen MR) is 105 cm³/mol. The molecule has 2 aliphatic rings. The van der Waals surface area contributed by atoms with Crippen LogP contribution in [0.25, 0.3) is 0 Å². The zero-order chi connectivity index (χ0) is 18.8. The van der Waals surface area contributed by atoms with E-state index in [4.69, 9.17) is 9.47 Å². The Balaban J connectivity index is 1.52. The summed E-state index contributed by atoms with van der Waals surface area (Å²) in [6.07, 6.45) is 0.850. The summed E-state index contributed by atoms with van der Waals surface area (Å²) in [5, 5.41) is 2.45. The van der Waals surface area contributed by atoms with Gasteiger partial charge in [0.2, 0.25) is 11.8 Å². The van der Waals surface area contributed by atoms with Gasteiger partial charge in [-0.1, -0.05) is 12.1 Å². The molecular weight excluding hydrogens is 364 g/mol. The molecule has 0 radical (unpaired) electrons. The molecule has 7 heteroatoms. The maximum Gasteiger partial charge on any atom is 0.244 e. The van der Waals surface area contributed by atoms with Gasteiger partial charge in [0, 0.05) is 11.3 Å². The van der Waals surface area contributed by atoms with E-state index in [0.717, 1.165) is 22.8 Å². The quantitative estimate of drug-likeness (QED) is 0.823. The van der Waals surface area contributed by atoms with Crippen LogP contribution < -0.4 is 19.7 Å². The summed E-state index contributed by atoms with van der Waals surface area (Å²) in [6, 6.07) is 13.1. The van der Waals surface area contributed by atoms with Crippen molar-refractivity contribution in [3.8, 4) is 11.5 Å². The van der Waals surface area contributed by atoms with Crippen molar-refractivity contribution in [2.45, 2.75) is 23.5 Å². The second-order valence-corrected chi connectivity index (χ2v) is 7.82. The Labute approximate surface area is 161 Å². The fourth-order valence-corrected chi connectivity index (χ4v) is 4.08. The zero-order valence-electron chi connectivity index (χ0n) is 14.9. The van der Waals surface area contributed by atoms with Crippen LogP contribution in [0.15, 0.2) is 47.4 Å². The molecule has 0 aromatic heterocycles. The summed E-state index contributed by atoms with van der Waals surface area (Å²) in [5.41, 5.74) is 1.39. The van der Waals surface area contributed by atoms with Crippen LogP contribution in [-0.2, 0) is 9.59 Å². The van der Waals surface area contributed by atoms with Crippen molar-refractivity contribution < 1.29 is 19.1 Å². The van der Waals surface area contributed by atoms with Gasteiger partial charge in [0.1, 0.15) is 6.54 Å². The lowest BCUT2D eigenvalue weighted by Gasteiger charge is -2.30. The number of hydrogen-bond acceptors (Lipinski definition) is 5. The summed E-state index contributed by atoms with van der Waals surface area (Å²) < 4.78 is 11.4. The minimum atomic E-state index is -0.353. The lowest BCUT2D eigenvalue weighted by molar-refractivity contribution is -0.121. The molecule has 0 aliphatic carbocycles. The van der Waals surface area contributed by atoms with E-state index in [1.165, 1.54) is 11.8 Å². The SMILES string of the molecule is C[C@H](Sc1ccc2c(c1)OCCCO2)C(=O)N1CC(=O)Nc2ccccc21. The van der Waals surface area contributed by atoms with Gasteiger partial charge in [0.15, 0.2) is 11.5 Å². The first-order valence-corrected chi connectivity index (χ1v) is 9.76. The molecule has 1 atom stereocenters. The first kappa shape index (κ1) is 17.7. The van der Waals surface area contributed by atoms with Crippen LogP contribution in [0.1, 0.15) is 13.3 Å². The first-order valence-electron chi connectivity index (χ1n) is 8.88. The Bertz CT molecular complexity index is 886. The number of fused-ring (bicyclic) bond motifs is 2. The van der Waals surface area contributed by atoms with Gasteiger partial charge in [-0.2, -0.15) is 0 Å².